The Bertz CT molecular complexity index is 352. The Morgan fingerprint density at radius 2 is 1.94 bits per heavy atom. The fourth-order valence-corrected chi connectivity index (χ4v) is 1.79. The molecule has 1 fully saturated rings. The van der Waals surface area contributed by atoms with Gasteiger partial charge in [0.05, 0.1) is 6.20 Å². The first-order valence-electron chi connectivity index (χ1n) is 5.77. The SMILES string of the molecule is CC(C)(C)Nc1cnnc(N2CCCC2)n1. The second-order valence-electron chi connectivity index (χ2n) is 5.21. The summed E-state index contributed by atoms with van der Waals surface area (Å²) in [5.41, 5.74) is -0.00167. The molecule has 0 bridgehead atoms. The molecule has 5 nitrogen and oxygen atoms in total. The zero-order valence-corrected chi connectivity index (χ0v) is 10.2. The van der Waals surface area contributed by atoms with Crippen molar-refractivity contribution in [1.29, 1.82) is 0 Å². The molecular weight excluding hydrogens is 202 g/mol. The van der Waals surface area contributed by atoms with Crippen LogP contribution in [0.2, 0.25) is 0 Å². The van der Waals surface area contributed by atoms with Crippen molar-refractivity contribution < 1.29 is 0 Å². The highest BCUT2D eigenvalue weighted by Crippen LogP contribution is 2.17. The average molecular weight is 221 g/mol. The minimum Gasteiger partial charge on any atom is -0.364 e. The normalized spacial score (nSPS) is 16.6. The molecule has 1 aromatic heterocycles. The van der Waals surface area contributed by atoms with Crippen molar-refractivity contribution in [3.63, 3.8) is 0 Å². The zero-order valence-electron chi connectivity index (χ0n) is 10.2. The molecule has 1 aliphatic heterocycles. The monoisotopic (exact) mass is 221 g/mol. The molecule has 0 saturated carbocycles. The number of hydrogen-bond acceptors (Lipinski definition) is 5. The minimum absolute atomic E-state index is 0.00167. The molecule has 88 valence electrons. The molecule has 0 amide bonds. The second-order valence-corrected chi connectivity index (χ2v) is 5.21. The molecule has 1 aromatic rings. The lowest BCUT2D eigenvalue weighted by Gasteiger charge is -2.22. The molecule has 1 saturated heterocycles. The Morgan fingerprint density at radius 3 is 2.56 bits per heavy atom. The van der Waals surface area contributed by atoms with E-state index in [1.807, 2.05) is 0 Å². The van der Waals surface area contributed by atoms with Gasteiger partial charge in [-0.3, -0.25) is 0 Å². The lowest BCUT2D eigenvalue weighted by atomic mass is 10.1. The fraction of sp³-hybridized carbons (Fsp3) is 0.727. The smallest absolute Gasteiger partial charge is 0.247 e. The van der Waals surface area contributed by atoms with Crippen molar-refractivity contribution in [2.75, 3.05) is 23.3 Å². The maximum atomic E-state index is 4.48. The molecule has 5 heteroatoms. The van der Waals surface area contributed by atoms with Crippen molar-refractivity contribution in [3.8, 4) is 0 Å². The molecular formula is C11H19N5. The van der Waals surface area contributed by atoms with Crippen LogP contribution in [0.1, 0.15) is 33.6 Å². The highest BCUT2D eigenvalue weighted by molar-refractivity contribution is 5.40. The predicted octanol–water partition coefficient (Wildman–Crippen LogP) is 1.68. The van der Waals surface area contributed by atoms with E-state index in [9.17, 15) is 0 Å². The largest absolute Gasteiger partial charge is 0.364 e. The fourth-order valence-electron chi connectivity index (χ4n) is 1.79. The van der Waals surface area contributed by atoms with Gasteiger partial charge in [-0.15, -0.1) is 5.10 Å². The molecule has 0 unspecified atom stereocenters. The van der Waals surface area contributed by atoms with E-state index < -0.39 is 0 Å². The zero-order chi connectivity index (χ0) is 11.6. The highest BCUT2D eigenvalue weighted by Gasteiger charge is 2.17. The van der Waals surface area contributed by atoms with E-state index in [0.717, 1.165) is 24.9 Å². The van der Waals surface area contributed by atoms with Crippen molar-refractivity contribution in [1.82, 2.24) is 15.2 Å². The van der Waals surface area contributed by atoms with E-state index in [2.05, 4.69) is 46.2 Å². The summed E-state index contributed by atoms with van der Waals surface area (Å²) >= 11 is 0. The lowest BCUT2D eigenvalue weighted by molar-refractivity contribution is 0.628. The Hall–Kier alpha value is -1.39. The van der Waals surface area contributed by atoms with Gasteiger partial charge in [-0.1, -0.05) is 0 Å². The number of rotatable bonds is 2. The number of anilines is 2. The Labute approximate surface area is 96.3 Å². The summed E-state index contributed by atoms with van der Waals surface area (Å²) in [6.07, 6.45) is 4.12. The number of hydrogen-bond donors (Lipinski definition) is 1. The molecule has 1 N–H and O–H groups in total. The third-order valence-corrected chi connectivity index (χ3v) is 2.44. The average Bonchev–Trinajstić information content (AvgIpc) is 2.68. The molecule has 0 aromatic carbocycles. The van der Waals surface area contributed by atoms with Crippen LogP contribution < -0.4 is 10.2 Å². The van der Waals surface area contributed by atoms with Gasteiger partial charge < -0.3 is 10.2 Å². The summed E-state index contributed by atoms with van der Waals surface area (Å²) in [6, 6.07) is 0. The molecule has 16 heavy (non-hydrogen) atoms. The number of nitrogens with zero attached hydrogens (tertiary/aromatic N) is 4. The maximum Gasteiger partial charge on any atom is 0.247 e. The van der Waals surface area contributed by atoms with E-state index in [1.54, 1.807) is 6.20 Å². The lowest BCUT2D eigenvalue weighted by Crippen LogP contribution is -2.28. The van der Waals surface area contributed by atoms with Crippen LogP contribution >= 0.6 is 0 Å². The molecule has 1 aliphatic rings. The van der Waals surface area contributed by atoms with Crippen LogP contribution in [-0.4, -0.2) is 33.8 Å². The summed E-state index contributed by atoms with van der Waals surface area (Å²) in [7, 11) is 0. The molecule has 2 heterocycles. The predicted molar refractivity (Wildman–Crippen MR) is 64.6 cm³/mol. The van der Waals surface area contributed by atoms with Gasteiger partial charge in [-0.05, 0) is 33.6 Å². The summed E-state index contributed by atoms with van der Waals surface area (Å²) in [5, 5.41) is 11.4. The van der Waals surface area contributed by atoms with Crippen LogP contribution in [-0.2, 0) is 0 Å². The summed E-state index contributed by atoms with van der Waals surface area (Å²) in [6.45, 7) is 8.39. The first-order chi connectivity index (χ1) is 7.54. The van der Waals surface area contributed by atoms with E-state index in [-0.39, 0.29) is 5.54 Å². The third kappa shape index (κ3) is 2.81. The Morgan fingerprint density at radius 1 is 1.25 bits per heavy atom. The van der Waals surface area contributed by atoms with Crippen LogP contribution in [0.25, 0.3) is 0 Å². The van der Waals surface area contributed by atoms with Gasteiger partial charge in [0.1, 0.15) is 0 Å². The molecule has 0 spiro atoms. The van der Waals surface area contributed by atoms with E-state index in [1.165, 1.54) is 12.8 Å². The van der Waals surface area contributed by atoms with Gasteiger partial charge >= 0.3 is 0 Å². The summed E-state index contributed by atoms with van der Waals surface area (Å²) < 4.78 is 0. The van der Waals surface area contributed by atoms with E-state index >= 15 is 0 Å². The van der Waals surface area contributed by atoms with Crippen molar-refractivity contribution >= 4 is 11.8 Å². The van der Waals surface area contributed by atoms with Crippen LogP contribution in [0.5, 0.6) is 0 Å². The molecule has 0 atom stereocenters. The minimum atomic E-state index is -0.00167. The van der Waals surface area contributed by atoms with Gasteiger partial charge in [0.15, 0.2) is 5.82 Å². The molecule has 0 radical (unpaired) electrons. The van der Waals surface area contributed by atoms with Gasteiger partial charge in [0.2, 0.25) is 5.95 Å². The van der Waals surface area contributed by atoms with E-state index in [4.69, 9.17) is 0 Å². The topological polar surface area (TPSA) is 53.9 Å². The van der Waals surface area contributed by atoms with Gasteiger partial charge in [-0.25, -0.2) is 0 Å². The van der Waals surface area contributed by atoms with E-state index in [0.29, 0.717) is 0 Å². The highest BCUT2D eigenvalue weighted by atomic mass is 15.3. The standard InChI is InChI=1S/C11H19N5/c1-11(2,3)14-9-8-12-15-10(13-9)16-6-4-5-7-16/h8H,4-7H2,1-3H3,(H,13,14,15). The molecule has 2 rings (SSSR count). The third-order valence-electron chi connectivity index (χ3n) is 2.44. The van der Waals surface area contributed by atoms with Gasteiger partial charge in [0.25, 0.3) is 0 Å². The van der Waals surface area contributed by atoms with Gasteiger partial charge in [0, 0.05) is 18.6 Å². The Kier molecular flexibility index (Phi) is 2.94. The van der Waals surface area contributed by atoms with Crippen LogP contribution in [0.15, 0.2) is 6.20 Å². The summed E-state index contributed by atoms with van der Waals surface area (Å²) in [5.74, 6) is 1.54. The second kappa shape index (κ2) is 4.23. The number of aromatic nitrogens is 3. The quantitative estimate of drug-likeness (QED) is 0.823. The first-order valence-corrected chi connectivity index (χ1v) is 5.77. The first kappa shape index (κ1) is 11.1. The molecule has 0 aliphatic carbocycles. The Balaban J connectivity index is 2.12. The number of nitrogens with one attached hydrogen (secondary N) is 1. The van der Waals surface area contributed by atoms with Crippen molar-refractivity contribution in [2.24, 2.45) is 0 Å². The van der Waals surface area contributed by atoms with Crippen LogP contribution in [0.4, 0.5) is 11.8 Å². The van der Waals surface area contributed by atoms with Crippen molar-refractivity contribution in [2.45, 2.75) is 39.2 Å². The van der Waals surface area contributed by atoms with Crippen LogP contribution in [0, 0.1) is 0 Å². The maximum absolute atomic E-state index is 4.48. The van der Waals surface area contributed by atoms with Crippen LogP contribution in [0.3, 0.4) is 0 Å². The summed E-state index contributed by atoms with van der Waals surface area (Å²) in [4.78, 5) is 6.66. The van der Waals surface area contributed by atoms with Gasteiger partial charge in [-0.2, -0.15) is 10.1 Å². The van der Waals surface area contributed by atoms with Crippen molar-refractivity contribution in [3.05, 3.63) is 6.20 Å².